The summed E-state index contributed by atoms with van der Waals surface area (Å²) in [6.07, 6.45) is 0. The van der Waals surface area contributed by atoms with E-state index < -0.39 is 34.5 Å². The number of halogens is 2. The number of nitrogens with zero attached hydrogens (tertiary/aromatic N) is 1. The summed E-state index contributed by atoms with van der Waals surface area (Å²) in [6, 6.07) is 8.11. The first-order valence-electron chi connectivity index (χ1n) is 9.26. The number of hydrogen-bond donors (Lipinski definition) is 2. The number of carbonyl (C=O) groups is 1. The minimum atomic E-state index is -2.33. The highest BCUT2D eigenvalue weighted by molar-refractivity contribution is 7.69. The molecule has 9 heteroatoms. The van der Waals surface area contributed by atoms with Crippen molar-refractivity contribution in [3.63, 3.8) is 0 Å². The maximum atomic E-state index is 14.2. The zero-order valence-corrected chi connectivity index (χ0v) is 18.4. The van der Waals surface area contributed by atoms with Gasteiger partial charge in [0.2, 0.25) is 0 Å². The second-order valence-corrected chi connectivity index (χ2v) is 8.74. The maximum absolute atomic E-state index is 14.2. The van der Waals surface area contributed by atoms with Crippen LogP contribution in [0.5, 0.6) is 5.75 Å². The third-order valence-corrected chi connectivity index (χ3v) is 5.00. The monoisotopic (exact) mass is 440 g/mol. The van der Waals surface area contributed by atoms with Gasteiger partial charge in [-0.05, 0) is 41.7 Å². The standard InChI is InChI=1S/C21H26F2N2O4S/c1-13(14-6-9-19(18(23)10-14)25-30(27)28-5)24-20(26)12-29-15-7-8-16(17(22)11-15)21(2,3)4/h6-11,13,30H,12H2,1-5H3,(H,24,26)/t13-/m1/s1. The Bertz CT molecular complexity index is 999. The molecule has 1 N–H and O–H groups in total. The fraction of sp³-hybridized carbons (Fsp3) is 0.381. The Labute approximate surface area is 177 Å². The molecular weight excluding hydrogens is 414 g/mol. The van der Waals surface area contributed by atoms with E-state index in [1.807, 2.05) is 20.8 Å². The van der Waals surface area contributed by atoms with Crippen LogP contribution < -0.4 is 10.1 Å². The summed E-state index contributed by atoms with van der Waals surface area (Å²) in [5.74, 6) is -1.28. The molecule has 0 aliphatic rings. The van der Waals surface area contributed by atoms with Crippen molar-refractivity contribution in [1.29, 1.82) is 0 Å². The van der Waals surface area contributed by atoms with Gasteiger partial charge in [0.05, 0.1) is 13.2 Å². The maximum Gasteiger partial charge on any atom is 0.258 e. The molecule has 0 heterocycles. The SMILES string of the molecule is CO[SH](=O)=Nc1ccc([C@@H](C)NC(=O)COc2ccc(C(C)(C)C)c(F)c2)cc1F. The zero-order valence-electron chi connectivity index (χ0n) is 17.5. The summed E-state index contributed by atoms with van der Waals surface area (Å²) >= 11 is 0. The van der Waals surface area contributed by atoms with Crippen LogP contribution in [0.4, 0.5) is 14.5 Å². The van der Waals surface area contributed by atoms with Crippen molar-refractivity contribution >= 4 is 22.5 Å². The lowest BCUT2D eigenvalue weighted by Crippen LogP contribution is -2.31. The molecule has 0 spiro atoms. The fourth-order valence-electron chi connectivity index (χ4n) is 2.71. The number of ether oxygens (including phenoxy) is 1. The summed E-state index contributed by atoms with van der Waals surface area (Å²) in [6.45, 7) is 7.07. The van der Waals surface area contributed by atoms with Crippen LogP contribution in [0.2, 0.25) is 0 Å². The van der Waals surface area contributed by atoms with Crippen molar-refractivity contribution in [2.45, 2.75) is 39.2 Å². The van der Waals surface area contributed by atoms with Crippen molar-refractivity contribution in [3.8, 4) is 5.75 Å². The lowest BCUT2D eigenvalue weighted by Gasteiger charge is -2.20. The molecule has 0 aliphatic heterocycles. The summed E-state index contributed by atoms with van der Waals surface area (Å²) in [5, 5.41) is 2.68. The molecular formula is C21H26F2N2O4S. The third kappa shape index (κ3) is 6.50. The third-order valence-electron chi connectivity index (χ3n) is 4.31. The molecule has 6 nitrogen and oxygen atoms in total. The molecule has 0 saturated carbocycles. The number of rotatable bonds is 7. The van der Waals surface area contributed by atoms with Crippen molar-refractivity contribution < 1.29 is 26.7 Å². The van der Waals surface area contributed by atoms with Crippen LogP contribution in [0.15, 0.2) is 40.8 Å². The predicted molar refractivity (Wildman–Crippen MR) is 112 cm³/mol. The first kappa shape index (κ1) is 23.8. The van der Waals surface area contributed by atoms with Gasteiger partial charge in [-0.1, -0.05) is 32.9 Å². The van der Waals surface area contributed by atoms with Crippen LogP contribution >= 0.6 is 0 Å². The molecule has 2 atom stereocenters. The van der Waals surface area contributed by atoms with Crippen LogP contribution in [-0.2, 0) is 25.3 Å². The lowest BCUT2D eigenvalue weighted by atomic mass is 9.87. The number of amides is 1. The minimum Gasteiger partial charge on any atom is -0.484 e. The van der Waals surface area contributed by atoms with E-state index in [0.29, 0.717) is 11.1 Å². The van der Waals surface area contributed by atoms with Crippen molar-refractivity contribution in [1.82, 2.24) is 5.32 Å². The Hall–Kier alpha value is -2.52. The van der Waals surface area contributed by atoms with E-state index in [1.54, 1.807) is 25.1 Å². The van der Waals surface area contributed by atoms with E-state index in [9.17, 15) is 17.8 Å². The number of benzene rings is 2. The molecule has 0 aromatic heterocycles. The largest absolute Gasteiger partial charge is 0.484 e. The van der Waals surface area contributed by atoms with Crippen LogP contribution in [0.3, 0.4) is 0 Å². The molecule has 0 fully saturated rings. The number of thiol groups is 1. The van der Waals surface area contributed by atoms with Gasteiger partial charge in [0.25, 0.3) is 5.91 Å². The zero-order chi connectivity index (χ0) is 22.5. The molecule has 2 rings (SSSR count). The Balaban J connectivity index is 1.97. The molecule has 2 aromatic rings. The first-order chi connectivity index (χ1) is 14.0. The molecule has 2 aromatic carbocycles. The average molecular weight is 441 g/mol. The van der Waals surface area contributed by atoms with Gasteiger partial charge >= 0.3 is 0 Å². The van der Waals surface area contributed by atoms with Crippen LogP contribution in [0.25, 0.3) is 0 Å². The van der Waals surface area contributed by atoms with Crippen LogP contribution in [-0.4, -0.2) is 23.8 Å². The Morgan fingerprint density at radius 1 is 1.17 bits per heavy atom. The molecule has 0 aliphatic carbocycles. The summed E-state index contributed by atoms with van der Waals surface area (Å²) < 4.78 is 53.1. The molecule has 30 heavy (non-hydrogen) atoms. The van der Waals surface area contributed by atoms with Gasteiger partial charge < -0.3 is 10.1 Å². The van der Waals surface area contributed by atoms with E-state index in [0.717, 1.165) is 0 Å². The summed E-state index contributed by atoms with van der Waals surface area (Å²) in [7, 11) is -1.12. The van der Waals surface area contributed by atoms with Gasteiger partial charge in [0, 0.05) is 6.07 Å². The van der Waals surface area contributed by atoms with E-state index >= 15 is 0 Å². The number of nitrogens with one attached hydrogen (secondary N) is 1. The summed E-state index contributed by atoms with van der Waals surface area (Å²) in [4.78, 5) is 12.2. The lowest BCUT2D eigenvalue weighted by molar-refractivity contribution is -0.123. The molecule has 0 radical (unpaired) electrons. The highest BCUT2D eigenvalue weighted by Gasteiger charge is 2.19. The van der Waals surface area contributed by atoms with Crippen molar-refractivity contribution in [3.05, 3.63) is 59.2 Å². The van der Waals surface area contributed by atoms with Gasteiger partial charge in [-0.2, -0.15) is 4.36 Å². The highest BCUT2D eigenvalue weighted by atomic mass is 32.2. The average Bonchev–Trinajstić information content (AvgIpc) is 2.66. The molecule has 1 unspecified atom stereocenters. The Morgan fingerprint density at radius 2 is 1.87 bits per heavy atom. The Kier molecular flexibility index (Phi) is 7.91. The highest BCUT2D eigenvalue weighted by Crippen LogP contribution is 2.28. The topological polar surface area (TPSA) is 77.0 Å². The van der Waals surface area contributed by atoms with Crippen LogP contribution in [0.1, 0.15) is 44.9 Å². The second-order valence-electron chi connectivity index (χ2n) is 7.70. The predicted octanol–water partition coefficient (Wildman–Crippen LogP) is 4.38. The molecule has 0 saturated heterocycles. The molecule has 0 bridgehead atoms. The minimum absolute atomic E-state index is 0.0932. The smallest absolute Gasteiger partial charge is 0.258 e. The van der Waals surface area contributed by atoms with Crippen molar-refractivity contribution in [2.24, 2.45) is 4.36 Å². The number of hydrogen-bond acceptors (Lipinski definition) is 5. The normalized spacial score (nSPS) is 13.7. The van der Waals surface area contributed by atoms with Gasteiger partial charge in [0.1, 0.15) is 23.1 Å². The van der Waals surface area contributed by atoms with E-state index in [1.165, 1.54) is 25.3 Å². The van der Waals surface area contributed by atoms with Crippen LogP contribution in [0, 0.1) is 11.6 Å². The Morgan fingerprint density at radius 3 is 2.43 bits per heavy atom. The van der Waals surface area contributed by atoms with Gasteiger partial charge in [0.15, 0.2) is 17.5 Å². The van der Waals surface area contributed by atoms with Gasteiger partial charge in [-0.15, -0.1) is 0 Å². The van der Waals surface area contributed by atoms with E-state index in [-0.39, 0.29) is 23.5 Å². The van der Waals surface area contributed by atoms with Crippen molar-refractivity contribution in [2.75, 3.05) is 13.7 Å². The second kappa shape index (κ2) is 9.99. The number of carbonyl (C=O) groups excluding carboxylic acids is 1. The van der Waals surface area contributed by atoms with Gasteiger partial charge in [-0.25, -0.2) is 13.0 Å². The van der Waals surface area contributed by atoms with E-state index in [4.69, 9.17) is 4.74 Å². The molecule has 1 amide bonds. The van der Waals surface area contributed by atoms with Gasteiger partial charge in [-0.3, -0.25) is 8.98 Å². The van der Waals surface area contributed by atoms with E-state index in [2.05, 4.69) is 13.9 Å². The molecule has 164 valence electrons. The quantitative estimate of drug-likeness (QED) is 0.627. The summed E-state index contributed by atoms with van der Waals surface area (Å²) in [5.41, 5.74) is 0.615. The fourth-order valence-corrected chi connectivity index (χ4v) is 3.13. The first-order valence-corrected chi connectivity index (χ1v) is 10.4.